The fourth-order valence-corrected chi connectivity index (χ4v) is 21.3. The van der Waals surface area contributed by atoms with Gasteiger partial charge in [-0.15, -0.1) is 0 Å². The maximum Gasteiger partial charge on any atom is 0.340 e. The number of fused-ring (bicyclic) bond motifs is 11. The Hall–Kier alpha value is -8.37. The fraction of sp³-hybridized carbons (Fsp3) is 0.393. The molecule has 0 saturated heterocycles. The van der Waals surface area contributed by atoms with Crippen LogP contribution in [0.25, 0.3) is 34.3 Å². The van der Waals surface area contributed by atoms with Gasteiger partial charge in [-0.3, -0.25) is 4.79 Å². The van der Waals surface area contributed by atoms with Crippen molar-refractivity contribution < 1.29 is 48.3 Å². The van der Waals surface area contributed by atoms with Crippen LogP contribution >= 0.6 is 0 Å². The highest BCUT2D eigenvalue weighted by Crippen LogP contribution is 2.70. The van der Waals surface area contributed by atoms with Gasteiger partial charge >= 0.3 is 17.6 Å². The van der Waals surface area contributed by atoms with Crippen LogP contribution < -0.4 is 10.4 Å². The van der Waals surface area contributed by atoms with Gasteiger partial charge in [0.15, 0.2) is 17.8 Å². The van der Waals surface area contributed by atoms with Crippen molar-refractivity contribution in [2.45, 2.75) is 143 Å². The molecule has 1 aromatic heterocycles. The molecule has 6 aromatic rings. The second-order valence-electron chi connectivity index (χ2n) is 29.3. The number of aryl methyl sites for hydroxylation is 2. The normalized spacial score (nSPS) is 31.6. The van der Waals surface area contributed by atoms with E-state index in [0.29, 0.717) is 72.3 Å². The van der Waals surface area contributed by atoms with Crippen LogP contribution in [-0.2, 0) is 48.7 Å². The Labute approximate surface area is 553 Å². The molecular weight excluding hydrogens is 1180 g/mol. The summed E-state index contributed by atoms with van der Waals surface area (Å²) in [5.74, 6) is 5.10. The zero-order valence-corrected chi connectivity index (χ0v) is 53.6. The number of ether oxygens (including phenoxy) is 4. The van der Waals surface area contributed by atoms with E-state index in [1.54, 1.807) is 6.07 Å². The highest BCUT2D eigenvalue weighted by molar-refractivity contribution is 5.92. The second kappa shape index (κ2) is 22.6. The zero-order chi connectivity index (χ0) is 64.1. The standard InChI is InChI=1S/C84H78O11/c1-91-46-55(32-36-85)75-67(45-87)64-29-30-71-76(77(64)93-81(75)90)78-79-83(95-71)34-10-33-82-35-31-49-40-65-52(37-48(49)24-28-62(80(89)94-79)54(44-86)13-3-2-12-50-41-70(82)66(43-72(82)83)63-17-6-5-16-59(50)63)21-22-53-39-58-15-8-14-57-26-23-47-11-4-7-19-68(47)84(57,58)69-20-9-18-61(74(53)69)51-25-27-60(65)56(38-51)42-73(88)92-78/h4-7,9-11,16-23,25-27,29-30,33,37,39-41,51,55-58,60,66,70,72,78-79,85-87H,8,12-15,24,28,31-32,34-36,38,42-46H2,1H3. The van der Waals surface area contributed by atoms with Gasteiger partial charge in [0.2, 0.25) is 0 Å². The number of aliphatic hydroxyl groups is 3. The van der Waals surface area contributed by atoms with Crippen LogP contribution in [0.5, 0.6) is 5.75 Å². The molecule has 13 aliphatic rings. The maximum atomic E-state index is 16.4. The summed E-state index contributed by atoms with van der Waals surface area (Å²) in [6.45, 7) is -1.17. The molecule has 480 valence electrons. The van der Waals surface area contributed by atoms with Gasteiger partial charge in [-0.25, -0.2) is 9.59 Å². The first-order valence-corrected chi connectivity index (χ1v) is 34.9. The SMILES string of the molecule is COCC(CCO)c1c(CO)c2ccc3c(c2oc1=O)C1OC(=O)CC2CC4C=CC2c2cc5c(cc2C=CC2=CC6CCCC7C=Cc8ccccc8C76c6cccc4c62)CCC2=C(CO)CC#CCC4=CC6C(CC7C6(C=CCC7(O3)C1OC2=O)CC5)c1ccccc14. The van der Waals surface area contributed by atoms with E-state index in [1.807, 2.05) is 6.07 Å². The first kappa shape index (κ1) is 59.1. The second-order valence-corrected chi connectivity index (χ2v) is 29.3. The molecule has 2 spiro atoms. The molecule has 11 heteroatoms. The molecule has 9 aliphatic carbocycles. The summed E-state index contributed by atoms with van der Waals surface area (Å²) in [7, 11) is 1.53. The first-order chi connectivity index (χ1) is 46.6. The molecule has 2 saturated carbocycles. The molecule has 13 bridgehead atoms. The topological polar surface area (TPSA) is 162 Å². The summed E-state index contributed by atoms with van der Waals surface area (Å²) in [5.41, 5.74) is 14.4. The highest BCUT2D eigenvalue weighted by atomic mass is 16.6. The van der Waals surface area contributed by atoms with Gasteiger partial charge in [0.25, 0.3) is 0 Å². The van der Waals surface area contributed by atoms with Crippen molar-refractivity contribution in [3.63, 3.8) is 0 Å². The molecule has 14 atom stereocenters. The molecule has 3 N–H and O–H groups in total. The molecular formula is C84H78O11. The van der Waals surface area contributed by atoms with E-state index in [0.717, 1.165) is 41.5 Å². The number of carbonyl (C=O) groups is 2. The lowest BCUT2D eigenvalue weighted by atomic mass is 9.48. The van der Waals surface area contributed by atoms with Crippen molar-refractivity contribution in [3.8, 4) is 17.6 Å². The molecule has 4 aliphatic heterocycles. The Morgan fingerprint density at radius 2 is 1.61 bits per heavy atom. The Bertz CT molecular complexity index is 4640. The van der Waals surface area contributed by atoms with Crippen LogP contribution in [0.2, 0.25) is 0 Å². The molecule has 95 heavy (non-hydrogen) atoms. The van der Waals surface area contributed by atoms with Crippen LogP contribution in [0.3, 0.4) is 0 Å². The number of hydrogen-bond donors (Lipinski definition) is 3. The van der Waals surface area contributed by atoms with Gasteiger partial charge in [0, 0.05) is 90.4 Å². The van der Waals surface area contributed by atoms with Gasteiger partial charge in [-0.05, 0) is 183 Å². The zero-order valence-electron chi connectivity index (χ0n) is 53.6. The van der Waals surface area contributed by atoms with Gasteiger partial charge in [0.05, 0.1) is 25.4 Å². The summed E-state index contributed by atoms with van der Waals surface area (Å²) in [6, 6.07) is 33.3. The summed E-state index contributed by atoms with van der Waals surface area (Å²) in [4.78, 5) is 47.8. The molecule has 0 amide bonds. The molecule has 14 unspecified atom stereocenters. The van der Waals surface area contributed by atoms with Gasteiger partial charge in [0.1, 0.15) is 11.3 Å². The predicted molar refractivity (Wildman–Crippen MR) is 364 cm³/mol. The smallest absolute Gasteiger partial charge is 0.340 e. The van der Waals surface area contributed by atoms with Crippen molar-refractivity contribution in [3.05, 3.63) is 239 Å². The number of allylic oxidation sites excluding steroid dienone is 9. The van der Waals surface area contributed by atoms with Crippen molar-refractivity contribution in [2.24, 2.45) is 35.0 Å². The van der Waals surface area contributed by atoms with Gasteiger partial charge in [-0.2, -0.15) is 0 Å². The third-order valence-electron chi connectivity index (χ3n) is 25.2. The lowest BCUT2D eigenvalue weighted by Gasteiger charge is -2.56. The van der Waals surface area contributed by atoms with E-state index >= 15 is 9.59 Å². The molecule has 2 fully saturated rings. The van der Waals surface area contributed by atoms with Crippen molar-refractivity contribution in [1.29, 1.82) is 0 Å². The molecule has 0 radical (unpaired) electrons. The Kier molecular flexibility index (Phi) is 14.1. The number of methoxy groups -OCH3 is 1. The third kappa shape index (κ3) is 8.68. The minimum atomic E-state index is -1.42. The average Bonchev–Trinajstić information content (AvgIpc) is 1.67. The summed E-state index contributed by atoms with van der Waals surface area (Å²) >= 11 is 0. The van der Waals surface area contributed by atoms with Gasteiger partial charge < -0.3 is 38.7 Å². The summed E-state index contributed by atoms with van der Waals surface area (Å²) in [5, 5.41) is 33.9. The number of rotatable bonds is 7. The Morgan fingerprint density at radius 3 is 2.49 bits per heavy atom. The monoisotopic (exact) mass is 1260 g/mol. The van der Waals surface area contributed by atoms with E-state index in [2.05, 4.69) is 151 Å². The van der Waals surface area contributed by atoms with E-state index in [9.17, 15) is 20.1 Å². The van der Waals surface area contributed by atoms with E-state index < -0.39 is 59.9 Å². The number of hydrogen-bond acceptors (Lipinski definition) is 11. The van der Waals surface area contributed by atoms with Crippen molar-refractivity contribution >= 4 is 46.2 Å². The fourth-order valence-electron chi connectivity index (χ4n) is 21.3. The van der Waals surface area contributed by atoms with Crippen molar-refractivity contribution in [1.82, 2.24) is 0 Å². The van der Waals surface area contributed by atoms with Crippen LogP contribution in [0, 0.1) is 46.8 Å². The number of carbonyl (C=O) groups excluding carboxylic acids is 2. The van der Waals surface area contributed by atoms with Gasteiger partial charge in [-0.1, -0.05) is 158 Å². The molecule has 5 aromatic carbocycles. The van der Waals surface area contributed by atoms with Crippen LogP contribution in [-0.4, -0.2) is 65.9 Å². The molecule has 11 nitrogen and oxygen atoms in total. The summed E-state index contributed by atoms with van der Waals surface area (Å²) in [6.07, 6.45) is 29.2. The van der Waals surface area contributed by atoms with Crippen molar-refractivity contribution in [2.75, 3.05) is 26.9 Å². The number of aliphatic hydroxyl groups excluding tert-OH is 3. The lowest BCUT2D eigenvalue weighted by Crippen LogP contribution is -2.64. The van der Waals surface area contributed by atoms with E-state index in [4.69, 9.17) is 23.4 Å². The Balaban J connectivity index is 0.911. The maximum absolute atomic E-state index is 16.4. The number of esters is 2. The first-order valence-electron chi connectivity index (χ1n) is 34.9. The molecule has 19 rings (SSSR count). The summed E-state index contributed by atoms with van der Waals surface area (Å²) < 4.78 is 34.9. The van der Waals surface area contributed by atoms with E-state index in [1.165, 1.54) is 57.2 Å². The molecule has 5 heterocycles. The third-order valence-corrected chi connectivity index (χ3v) is 25.2. The highest BCUT2D eigenvalue weighted by Gasteiger charge is 2.69. The van der Waals surface area contributed by atoms with Crippen LogP contribution in [0.4, 0.5) is 0 Å². The Morgan fingerprint density at radius 1 is 0.768 bits per heavy atom. The van der Waals surface area contributed by atoms with E-state index in [-0.39, 0.29) is 109 Å². The quantitative estimate of drug-likeness (QED) is 0.0604. The van der Waals surface area contributed by atoms with Crippen LogP contribution in [0.1, 0.15) is 185 Å². The largest absolute Gasteiger partial charge is 0.482 e. The van der Waals surface area contributed by atoms with Crippen LogP contribution in [0.15, 0.2) is 160 Å². The minimum absolute atomic E-state index is 0.00303. The lowest BCUT2D eigenvalue weighted by molar-refractivity contribution is -0.210. The minimum Gasteiger partial charge on any atom is -0.482 e. The number of benzene rings is 5. The average molecular weight is 1260 g/mol. The predicted octanol–water partition coefficient (Wildman–Crippen LogP) is 14.5.